The highest BCUT2D eigenvalue weighted by Crippen LogP contribution is 2.28. The molecule has 1 aromatic carbocycles. The summed E-state index contributed by atoms with van der Waals surface area (Å²) in [6.45, 7) is 1.46. The van der Waals surface area contributed by atoms with Gasteiger partial charge in [-0.25, -0.2) is 9.97 Å². The van der Waals surface area contributed by atoms with E-state index in [0.717, 1.165) is 32.5 Å². The first-order valence-electron chi connectivity index (χ1n) is 6.68. The van der Waals surface area contributed by atoms with Gasteiger partial charge in [0.05, 0.1) is 17.4 Å². The number of thiazole rings is 1. The summed E-state index contributed by atoms with van der Waals surface area (Å²) in [7, 11) is 0. The van der Waals surface area contributed by atoms with Crippen LogP contribution < -0.4 is 5.32 Å². The second kappa shape index (κ2) is 4.88. The maximum Gasteiger partial charge on any atom is 0.223 e. The topological polar surface area (TPSA) is 83.6 Å². The van der Waals surface area contributed by atoms with E-state index in [9.17, 15) is 4.79 Å². The van der Waals surface area contributed by atoms with Gasteiger partial charge in [-0.1, -0.05) is 17.4 Å². The van der Waals surface area contributed by atoms with Gasteiger partial charge >= 0.3 is 0 Å². The molecule has 4 rings (SSSR count). The molecule has 0 aliphatic rings. The van der Waals surface area contributed by atoms with Crippen LogP contribution in [0.3, 0.4) is 0 Å². The first-order chi connectivity index (χ1) is 10.7. The molecule has 4 aromatic rings. The number of carbonyl (C=O) groups excluding carboxylic acids is 1. The molecule has 0 saturated heterocycles. The van der Waals surface area contributed by atoms with Crippen LogP contribution >= 0.6 is 11.3 Å². The first kappa shape index (κ1) is 12.9. The van der Waals surface area contributed by atoms with Crippen molar-refractivity contribution in [1.29, 1.82) is 0 Å². The zero-order chi connectivity index (χ0) is 15.1. The van der Waals surface area contributed by atoms with Gasteiger partial charge in [0.1, 0.15) is 10.3 Å². The van der Waals surface area contributed by atoms with Gasteiger partial charge in [0.2, 0.25) is 5.91 Å². The van der Waals surface area contributed by atoms with Gasteiger partial charge in [0.15, 0.2) is 5.13 Å². The molecule has 3 heterocycles. The fraction of sp³-hybridized carbons (Fsp3) is 0.0667. The highest BCUT2D eigenvalue weighted by atomic mass is 32.1. The summed E-state index contributed by atoms with van der Waals surface area (Å²) in [6, 6.07) is 9.88. The van der Waals surface area contributed by atoms with Crippen LogP contribution in [0.25, 0.3) is 32.5 Å². The third-order valence-corrected chi connectivity index (χ3v) is 4.15. The summed E-state index contributed by atoms with van der Waals surface area (Å²) in [6.07, 6.45) is 1.79. The number of carbonyl (C=O) groups is 1. The van der Waals surface area contributed by atoms with Gasteiger partial charge in [-0.3, -0.25) is 9.89 Å². The lowest BCUT2D eigenvalue weighted by Gasteiger charge is -2.00. The van der Waals surface area contributed by atoms with E-state index in [0.29, 0.717) is 5.13 Å². The molecule has 0 bridgehead atoms. The molecule has 0 fully saturated rings. The average molecular weight is 309 g/mol. The molecule has 0 radical (unpaired) electrons. The number of hydrogen-bond acceptors (Lipinski definition) is 5. The molecule has 0 saturated carbocycles. The van der Waals surface area contributed by atoms with E-state index in [1.807, 2.05) is 30.3 Å². The molecule has 0 aliphatic carbocycles. The zero-order valence-corrected chi connectivity index (χ0v) is 12.4. The van der Waals surface area contributed by atoms with E-state index in [2.05, 4.69) is 25.5 Å². The average Bonchev–Trinajstić information content (AvgIpc) is 3.10. The lowest BCUT2D eigenvalue weighted by Crippen LogP contribution is -2.04. The molecule has 0 atom stereocenters. The standard InChI is InChI=1S/C15H11N5OS/c1-8(21)17-15-19-13-5-4-11(18-14(13)22-15)9-2-3-12-10(6-9)7-16-20-12/h2-7H,1H3,(H,16,20)(H,17,19,21). The number of pyridine rings is 1. The summed E-state index contributed by atoms with van der Waals surface area (Å²) in [5, 5.41) is 11.3. The fourth-order valence-corrected chi connectivity index (χ4v) is 3.17. The second-order valence-corrected chi connectivity index (χ2v) is 5.87. The Morgan fingerprint density at radius 3 is 3.00 bits per heavy atom. The van der Waals surface area contributed by atoms with Crippen molar-refractivity contribution >= 4 is 43.6 Å². The number of nitrogens with one attached hydrogen (secondary N) is 2. The predicted octanol–water partition coefficient (Wildman–Crippen LogP) is 3.19. The monoisotopic (exact) mass is 309 g/mol. The van der Waals surface area contributed by atoms with Crippen LogP contribution in [0.2, 0.25) is 0 Å². The first-order valence-corrected chi connectivity index (χ1v) is 7.49. The Hall–Kier alpha value is -2.80. The van der Waals surface area contributed by atoms with E-state index in [4.69, 9.17) is 0 Å². The van der Waals surface area contributed by atoms with Crippen LogP contribution in [0.5, 0.6) is 0 Å². The Kier molecular flexibility index (Phi) is 2.87. The third-order valence-electron chi connectivity index (χ3n) is 3.27. The minimum Gasteiger partial charge on any atom is -0.302 e. The molecule has 2 N–H and O–H groups in total. The number of benzene rings is 1. The van der Waals surface area contributed by atoms with Crippen molar-refractivity contribution in [2.24, 2.45) is 0 Å². The van der Waals surface area contributed by atoms with Gasteiger partial charge in [0, 0.05) is 17.9 Å². The summed E-state index contributed by atoms with van der Waals surface area (Å²) < 4.78 is 0. The van der Waals surface area contributed by atoms with Crippen LogP contribution in [-0.4, -0.2) is 26.1 Å². The van der Waals surface area contributed by atoms with Gasteiger partial charge in [0.25, 0.3) is 0 Å². The SMILES string of the molecule is CC(=O)Nc1nc2ccc(-c3ccc4[nH]ncc4c3)nc2s1. The second-order valence-electron chi connectivity index (χ2n) is 4.89. The molecule has 1 amide bonds. The van der Waals surface area contributed by atoms with Crippen LogP contribution in [0.4, 0.5) is 5.13 Å². The Morgan fingerprint density at radius 2 is 2.14 bits per heavy atom. The van der Waals surface area contributed by atoms with Crippen LogP contribution in [0, 0.1) is 0 Å². The van der Waals surface area contributed by atoms with Crippen molar-refractivity contribution < 1.29 is 4.79 Å². The largest absolute Gasteiger partial charge is 0.302 e. The molecule has 22 heavy (non-hydrogen) atoms. The highest BCUT2D eigenvalue weighted by molar-refractivity contribution is 7.21. The van der Waals surface area contributed by atoms with E-state index in [1.54, 1.807) is 6.20 Å². The van der Waals surface area contributed by atoms with Crippen molar-refractivity contribution in [3.63, 3.8) is 0 Å². The Bertz CT molecular complexity index is 1000. The third kappa shape index (κ3) is 2.21. The molecule has 7 heteroatoms. The molecule has 0 spiro atoms. The van der Waals surface area contributed by atoms with Crippen molar-refractivity contribution in [2.75, 3.05) is 5.32 Å². The summed E-state index contributed by atoms with van der Waals surface area (Å²) in [5.41, 5.74) is 3.66. The number of aromatic nitrogens is 4. The molecule has 3 aromatic heterocycles. The normalized spacial score (nSPS) is 11.1. The van der Waals surface area contributed by atoms with Crippen molar-refractivity contribution in [3.05, 3.63) is 36.5 Å². The summed E-state index contributed by atoms with van der Waals surface area (Å²) >= 11 is 1.37. The van der Waals surface area contributed by atoms with Crippen LogP contribution in [0.1, 0.15) is 6.92 Å². The predicted molar refractivity (Wildman–Crippen MR) is 86.8 cm³/mol. The van der Waals surface area contributed by atoms with E-state index >= 15 is 0 Å². The zero-order valence-electron chi connectivity index (χ0n) is 11.6. The van der Waals surface area contributed by atoms with Crippen molar-refractivity contribution in [3.8, 4) is 11.3 Å². The van der Waals surface area contributed by atoms with Gasteiger partial charge < -0.3 is 5.32 Å². The molecule has 0 unspecified atom stereocenters. The number of rotatable bonds is 2. The van der Waals surface area contributed by atoms with E-state index < -0.39 is 0 Å². The van der Waals surface area contributed by atoms with Crippen LogP contribution in [0.15, 0.2) is 36.5 Å². The van der Waals surface area contributed by atoms with E-state index in [-0.39, 0.29) is 5.91 Å². The van der Waals surface area contributed by atoms with Gasteiger partial charge in [-0.2, -0.15) is 5.10 Å². The minimum atomic E-state index is -0.135. The van der Waals surface area contributed by atoms with Crippen LogP contribution in [-0.2, 0) is 4.79 Å². The minimum absolute atomic E-state index is 0.135. The number of H-pyrrole nitrogens is 1. The highest BCUT2D eigenvalue weighted by Gasteiger charge is 2.09. The lowest BCUT2D eigenvalue weighted by molar-refractivity contribution is -0.114. The van der Waals surface area contributed by atoms with E-state index in [1.165, 1.54) is 18.3 Å². The number of aromatic amines is 1. The number of anilines is 1. The molecular formula is C15H11N5OS. The van der Waals surface area contributed by atoms with Crippen molar-refractivity contribution in [2.45, 2.75) is 6.92 Å². The molecule has 6 nitrogen and oxygen atoms in total. The number of fused-ring (bicyclic) bond motifs is 2. The van der Waals surface area contributed by atoms with Gasteiger partial charge in [-0.05, 0) is 24.3 Å². The number of nitrogens with zero attached hydrogens (tertiary/aromatic N) is 3. The smallest absolute Gasteiger partial charge is 0.223 e. The lowest BCUT2D eigenvalue weighted by atomic mass is 10.1. The fourth-order valence-electron chi connectivity index (χ4n) is 2.28. The Morgan fingerprint density at radius 1 is 1.23 bits per heavy atom. The number of hydrogen-bond donors (Lipinski definition) is 2. The Balaban J connectivity index is 1.79. The quantitative estimate of drug-likeness (QED) is 0.595. The van der Waals surface area contributed by atoms with Gasteiger partial charge in [-0.15, -0.1) is 0 Å². The maximum atomic E-state index is 11.1. The maximum absolute atomic E-state index is 11.1. The summed E-state index contributed by atoms with van der Waals surface area (Å²) in [4.78, 5) is 20.9. The summed E-state index contributed by atoms with van der Waals surface area (Å²) in [5.74, 6) is -0.135. The molecule has 108 valence electrons. The molecule has 0 aliphatic heterocycles. The molecular weight excluding hydrogens is 298 g/mol. The Labute approximate surface area is 129 Å². The number of amides is 1. The van der Waals surface area contributed by atoms with Crippen molar-refractivity contribution in [1.82, 2.24) is 20.2 Å².